The second-order valence-electron chi connectivity index (χ2n) is 4.96. The molecule has 0 saturated heterocycles. The lowest BCUT2D eigenvalue weighted by molar-refractivity contribution is 0.288. The molecule has 0 radical (unpaired) electrons. The van der Waals surface area contributed by atoms with Gasteiger partial charge in [0.2, 0.25) is 0 Å². The first-order valence-corrected chi connectivity index (χ1v) is 6.77. The van der Waals surface area contributed by atoms with E-state index in [1.807, 2.05) is 31.3 Å². The van der Waals surface area contributed by atoms with E-state index in [1.54, 1.807) is 0 Å². The molecule has 0 spiro atoms. The Labute approximate surface area is 119 Å². The molecule has 0 atom stereocenters. The average molecular weight is 264 g/mol. The molecule has 100 valence electrons. The molecule has 2 aromatic rings. The first kappa shape index (κ1) is 12.6. The third-order valence-electron chi connectivity index (χ3n) is 3.67. The number of benzene rings is 2. The van der Waals surface area contributed by atoms with Crippen LogP contribution in [0, 0.1) is 11.3 Å². The molecule has 20 heavy (non-hydrogen) atoms. The summed E-state index contributed by atoms with van der Waals surface area (Å²) < 4.78 is 5.72. The summed E-state index contributed by atoms with van der Waals surface area (Å²) in [5.41, 5.74) is 4.11. The lowest BCUT2D eigenvalue weighted by Gasteiger charge is -2.23. The van der Waals surface area contributed by atoms with Crippen LogP contribution in [0.4, 0.5) is 11.4 Å². The second-order valence-corrected chi connectivity index (χ2v) is 4.96. The van der Waals surface area contributed by atoms with E-state index in [9.17, 15) is 0 Å². The van der Waals surface area contributed by atoms with Crippen molar-refractivity contribution in [1.29, 1.82) is 5.26 Å². The molecular weight excluding hydrogens is 248 g/mol. The molecule has 0 bridgehead atoms. The van der Waals surface area contributed by atoms with Crippen molar-refractivity contribution in [2.45, 2.75) is 12.8 Å². The lowest BCUT2D eigenvalue weighted by Crippen LogP contribution is -2.12. The lowest BCUT2D eigenvalue weighted by atomic mass is 10.1. The van der Waals surface area contributed by atoms with Crippen molar-refractivity contribution in [2.75, 3.05) is 18.6 Å². The van der Waals surface area contributed by atoms with Crippen LogP contribution in [0.1, 0.15) is 17.5 Å². The highest BCUT2D eigenvalue weighted by Crippen LogP contribution is 2.32. The minimum atomic E-state index is 0.677. The smallest absolute Gasteiger partial charge is 0.124 e. The number of nitrogens with zero attached hydrogens (tertiary/aromatic N) is 2. The number of aryl methyl sites for hydroxylation is 1. The summed E-state index contributed by atoms with van der Waals surface area (Å²) in [6.45, 7) is 0.803. The molecule has 0 amide bonds. The normalized spacial score (nSPS) is 13.0. The number of hydrogen-bond donors (Lipinski definition) is 0. The number of nitriles is 1. The molecule has 0 N–H and O–H groups in total. The Morgan fingerprint density at radius 3 is 2.60 bits per heavy atom. The van der Waals surface area contributed by atoms with Gasteiger partial charge in [-0.2, -0.15) is 5.26 Å². The van der Waals surface area contributed by atoms with Crippen LogP contribution in [0.25, 0.3) is 0 Å². The van der Waals surface area contributed by atoms with E-state index in [1.165, 1.54) is 5.56 Å². The molecular formula is C17H16N2O. The van der Waals surface area contributed by atoms with E-state index >= 15 is 0 Å². The Morgan fingerprint density at radius 1 is 1.10 bits per heavy atom. The zero-order valence-electron chi connectivity index (χ0n) is 11.5. The molecule has 3 heteroatoms. The van der Waals surface area contributed by atoms with E-state index in [2.05, 4.69) is 29.2 Å². The maximum absolute atomic E-state index is 8.84. The van der Waals surface area contributed by atoms with Gasteiger partial charge in [0, 0.05) is 24.5 Å². The Balaban J connectivity index is 1.89. The van der Waals surface area contributed by atoms with Crippen LogP contribution in [0.3, 0.4) is 0 Å². The van der Waals surface area contributed by atoms with Crippen LogP contribution < -0.4 is 9.64 Å². The SMILES string of the molecule is CN(c1ccc(C#N)cc1)c1ccc2c(c1)OCCC2. The van der Waals surface area contributed by atoms with Gasteiger partial charge in [-0.25, -0.2) is 0 Å². The molecule has 0 aromatic heterocycles. The third-order valence-corrected chi connectivity index (χ3v) is 3.67. The van der Waals surface area contributed by atoms with Gasteiger partial charge in [-0.15, -0.1) is 0 Å². The molecule has 1 aliphatic rings. The van der Waals surface area contributed by atoms with Crippen LogP contribution >= 0.6 is 0 Å². The van der Waals surface area contributed by atoms with E-state index in [4.69, 9.17) is 10.00 Å². The van der Waals surface area contributed by atoms with Gasteiger partial charge >= 0.3 is 0 Å². The minimum absolute atomic E-state index is 0.677. The number of hydrogen-bond acceptors (Lipinski definition) is 3. The summed E-state index contributed by atoms with van der Waals surface area (Å²) in [6.07, 6.45) is 2.19. The summed E-state index contributed by atoms with van der Waals surface area (Å²) in [5, 5.41) is 8.84. The zero-order valence-corrected chi connectivity index (χ0v) is 11.5. The van der Waals surface area contributed by atoms with Crippen LogP contribution in [0.2, 0.25) is 0 Å². The molecule has 2 aromatic carbocycles. The highest BCUT2D eigenvalue weighted by Gasteiger charge is 2.12. The first-order valence-electron chi connectivity index (χ1n) is 6.77. The highest BCUT2D eigenvalue weighted by molar-refractivity contribution is 5.65. The van der Waals surface area contributed by atoms with Crippen LogP contribution in [0.5, 0.6) is 5.75 Å². The topological polar surface area (TPSA) is 36.3 Å². The molecule has 0 unspecified atom stereocenters. The Kier molecular flexibility index (Phi) is 3.30. The van der Waals surface area contributed by atoms with Gasteiger partial charge in [0.15, 0.2) is 0 Å². The summed E-state index contributed by atoms with van der Waals surface area (Å²) in [6, 6.07) is 16.1. The molecule has 1 aliphatic heterocycles. The summed E-state index contributed by atoms with van der Waals surface area (Å²) >= 11 is 0. The van der Waals surface area contributed by atoms with Gasteiger partial charge < -0.3 is 9.64 Å². The quantitative estimate of drug-likeness (QED) is 0.830. The van der Waals surface area contributed by atoms with Crippen molar-refractivity contribution >= 4 is 11.4 Å². The fourth-order valence-corrected chi connectivity index (χ4v) is 2.45. The van der Waals surface area contributed by atoms with Gasteiger partial charge in [0.25, 0.3) is 0 Å². The van der Waals surface area contributed by atoms with E-state index in [0.29, 0.717) is 5.56 Å². The fourth-order valence-electron chi connectivity index (χ4n) is 2.45. The summed E-state index contributed by atoms with van der Waals surface area (Å²) in [4.78, 5) is 2.10. The van der Waals surface area contributed by atoms with Crippen LogP contribution in [0.15, 0.2) is 42.5 Å². The molecule has 1 heterocycles. The maximum atomic E-state index is 8.84. The van der Waals surface area contributed by atoms with Crippen molar-refractivity contribution in [2.24, 2.45) is 0 Å². The summed E-state index contributed by atoms with van der Waals surface area (Å²) in [7, 11) is 2.02. The highest BCUT2D eigenvalue weighted by atomic mass is 16.5. The van der Waals surface area contributed by atoms with Crippen molar-refractivity contribution < 1.29 is 4.74 Å². The molecule has 3 rings (SSSR count). The average Bonchev–Trinajstić information content (AvgIpc) is 2.54. The van der Waals surface area contributed by atoms with Gasteiger partial charge in [-0.1, -0.05) is 6.07 Å². The third kappa shape index (κ3) is 2.33. The molecule has 0 fully saturated rings. The zero-order chi connectivity index (χ0) is 13.9. The second kappa shape index (κ2) is 5.26. The Hall–Kier alpha value is -2.47. The van der Waals surface area contributed by atoms with Crippen molar-refractivity contribution in [3.8, 4) is 11.8 Å². The number of rotatable bonds is 2. The van der Waals surface area contributed by atoms with Crippen LogP contribution in [-0.4, -0.2) is 13.7 Å². The standard InChI is InChI=1S/C17H16N2O/c1-19(15-7-4-13(12-18)5-8-15)16-9-6-14-3-2-10-20-17(14)11-16/h4-9,11H,2-3,10H2,1H3. The predicted molar refractivity (Wildman–Crippen MR) is 79.5 cm³/mol. The van der Waals surface area contributed by atoms with E-state index in [-0.39, 0.29) is 0 Å². The molecule has 0 saturated carbocycles. The van der Waals surface area contributed by atoms with E-state index in [0.717, 1.165) is 36.6 Å². The van der Waals surface area contributed by atoms with Crippen molar-refractivity contribution in [3.05, 3.63) is 53.6 Å². The largest absolute Gasteiger partial charge is 0.493 e. The Morgan fingerprint density at radius 2 is 1.85 bits per heavy atom. The van der Waals surface area contributed by atoms with Gasteiger partial charge in [-0.3, -0.25) is 0 Å². The van der Waals surface area contributed by atoms with Crippen molar-refractivity contribution in [3.63, 3.8) is 0 Å². The number of fused-ring (bicyclic) bond motifs is 1. The minimum Gasteiger partial charge on any atom is -0.493 e. The van der Waals surface area contributed by atoms with E-state index < -0.39 is 0 Å². The maximum Gasteiger partial charge on any atom is 0.124 e. The van der Waals surface area contributed by atoms with Gasteiger partial charge in [0.05, 0.1) is 18.2 Å². The van der Waals surface area contributed by atoms with Crippen molar-refractivity contribution in [1.82, 2.24) is 0 Å². The first-order chi connectivity index (χ1) is 9.78. The number of anilines is 2. The van der Waals surface area contributed by atoms with Gasteiger partial charge in [-0.05, 0) is 48.7 Å². The predicted octanol–water partition coefficient (Wildman–Crippen LogP) is 3.65. The molecule has 3 nitrogen and oxygen atoms in total. The fraction of sp³-hybridized carbons (Fsp3) is 0.235. The molecule has 0 aliphatic carbocycles. The monoisotopic (exact) mass is 264 g/mol. The van der Waals surface area contributed by atoms with Crippen LogP contribution in [-0.2, 0) is 6.42 Å². The summed E-state index contributed by atoms with van der Waals surface area (Å²) in [5.74, 6) is 0.995. The number of ether oxygens (including phenoxy) is 1. The Bertz CT molecular complexity index is 656. The van der Waals surface area contributed by atoms with Gasteiger partial charge in [0.1, 0.15) is 5.75 Å².